The van der Waals surface area contributed by atoms with Gasteiger partial charge in [0.25, 0.3) is 0 Å². The number of aryl methyl sites for hydroxylation is 1. The summed E-state index contributed by atoms with van der Waals surface area (Å²) in [6, 6.07) is 6.39. The van der Waals surface area contributed by atoms with Gasteiger partial charge in [-0.1, -0.05) is 18.2 Å². The van der Waals surface area contributed by atoms with Gasteiger partial charge in [-0.25, -0.2) is 9.37 Å². The standard InChI is InChI=1S/C14H19FN4O/c1-2-19-13(17-10-18-19)7-14(8-16,9-20)11-5-3-4-6-12(11)15/h3-6,10,20H,2,7-9,16H2,1H3. The van der Waals surface area contributed by atoms with E-state index in [2.05, 4.69) is 10.1 Å². The monoisotopic (exact) mass is 278 g/mol. The van der Waals surface area contributed by atoms with Crippen LogP contribution in [0.2, 0.25) is 0 Å². The van der Waals surface area contributed by atoms with Crippen molar-refractivity contribution in [1.82, 2.24) is 14.8 Å². The van der Waals surface area contributed by atoms with Crippen LogP contribution in [-0.2, 0) is 18.4 Å². The van der Waals surface area contributed by atoms with Gasteiger partial charge in [-0.15, -0.1) is 0 Å². The molecular weight excluding hydrogens is 259 g/mol. The van der Waals surface area contributed by atoms with Gasteiger partial charge in [0.1, 0.15) is 18.0 Å². The molecule has 20 heavy (non-hydrogen) atoms. The van der Waals surface area contributed by atoms with Crippen molar-refractivity contribution < 1.29 is 9.50 Å². The summed E-state index contributed by atoms with van der Waals surface area (Å²) in [7, 11) is 0. The van der Waals surface area contributed by atoms with Gasteiger partial charge in [0.05, 0.1) is 6.61 Å². The molecule has 1 atom stereocenters. The van der Waals surface area contributed by atoms with E-state index in [1.165, 1.54) is 12.4 Å². The lowest BCUT2D eigenvalue weighted by Crippen LogP contribution is -2.42. The van der Waals surface area contributed by atoms with Crippen LogP contribution in [0.1, 0.15) is 18.3 Å². The number of nitrogens with zero attached hydrogens (tertiary/aromatic N) is 3. The van der Waals surface area contributed by atoms with Crippen molar-refractivity contribution in [2.24, 2.45) is 5.73 Å². The first-order valence-corrected chi connectivity index (χ1v) is 6.59. The van der Waals surface area contributed by atoms with Crippen LogP contribution in [0.15, 0.2) is 30.6 Å². The summed E-state index contributed by atoms with van der Waals surface area (Å²) in [6.45, 7) is 2.49. The van der Waals surface area contributed by atoms with Crippen LogP contribution in [0.5, 0.6) is 0 Å². The minimum Gasteiger partial charge on any atom is -0.395 e. The van der Waals surface area contributed by atoms with Crippen LogP contribution in [0.4, 0.5) is 4.39 Å². The Hall–Kier alpha value is -1.79. The fourth-order valence-electron chi connectivity index (χ4n) is 2.37. The van der Waals surface area contributed by atoms with Crippen LogP contribution < -0.4 is 5.73 Å². The van der Waals surface area contributed by atoms with Gasteiger partial charge < -0.3 is 10.8 Å². The molecular formula is C14H19FN4O. The maximum absolute atomic E-state index is 14.1. The third-order valence-electron chi connectivity index (χ3n) is 3.63. The molecule has 0 radical (unpaired) electrons. The Bertz CT molecular complexity index is 566. The zero-order chi connectivity index (χ0) is 14.6. The predicted molar refractivity (Wildman–Crippen MR) is 73.6 cm³/mol. The van der Waals surface area contributed by atoms with E-state index in [0.717, 1.165) is 0 Å². The van der Waals surface area contributed by atoms with Crippen molar-refractivity contribution in [3.05, 3.63) is 47.8 Å². The van der Waals surface area contributed by atoms with Gasteiger partial charge in [-0.3, -0.25) is 4.68 Å². The van der Waals surface area contributed by atoms with Crippen molar-refractivity contribution in [2.75, 3.05) is 13.2 Å². The molecule has 0 bridgehead atoms. The average molecular weight is 278 g/mol. The number of halogens is 1. The highest BCUT2D eigenvalue weighted by molar-refractivity contribution is 5.29. The molecule has 0 saturated carbocycles. The first-order chi connectivity index (χ1) is 9.66. The van der Waals surface area contributed by atoms with E-state index >= 15 is 0 Å². The Morgan fingerprint density at radius 2 is 2.15 bits per heavy atom. The topological polar surface area (TPSA) is 77.0 Å². The van der Waals surface area contributed by atoms with Crippen molar-refractivity contribution in [2.45, 2.75) is 25.3 Å². The average Bonchev–Trinajstić information content (AvgIpc) is 2.92. The SMILES string of the molecule is CCn1ncnc1CC(CN)(CO)c1ccccc1F. The molecule has 5 nitrogen and oxygen atoms in total. The normalized spacial score (nSPS) is 14.2. The van der Waals surface area contributed by atoms with Gasteiger partial charge >= 0.3 is 0 Å². The zero-order valence-electron chi connectivity index (χ0n) is 11.5. The van der Waals surface area contributed by atoms with Crippen molar-refractivity contribution in [3.63, 3.8) is 0 Å². The second-order valence-electron chi connectivity index (χ2n) is 4.79. The van der Waals surface area contributed by atoms with E-state index < -0.39 is 5.41 Å². The number of hydrogen-bond donors (Lipinski definition) is 2. The first-order valence-electron chi connectivity index (χ1n) is 6.59. The Labute approximate surface area is 117 Å². The summed E-state index contributed by atoms with van der Waals surface area (Å²) in [5, 5.41) is 13.9. The number of nitrogens with two attached hydrogens (primary N) is 1. The quantitative estimate of drug-likeness (QED) is 0.822. The third kappa shape index (κ3) is 2.57. The largest absolute Gasteiger partial charge is 0.395 e. The molecule has 2 rings (SSSR count). The molecule has 1 heterocycles. The maximum atomic E-state index is 14.1. The van der Waals surface area contributed by atoms with Gasteiger partial charge in [0, 0.05) is 24.9 Å². The number of aliphatic hydroxyl groups excluding tert-OH is 1. The third-order valence-corrected chi connectivity index (χ3v) is 3.63. The Morgan fingerprint density at radius 1 is 1.40 bits per heavy atom. The minimum atomic E-state index is -0.884. The Morgan fingerprint density at radius 3 is 2.75 bits per heavy atom. The van der Waals surface area contributed by atoms with Gasteiger partial charge in [0.15, 0.2) is 0 Å². The van der Waals surface area contributed by atoms with E-state index in [1.54, 1.807) is 22.9 Å². The van der Waals surface area contributed by atoms with Gasteiger partial charge in [-0.2, -0.15) is 5.10 Å². The molecule has 1 aromatic carbocycles. The molecule has 3 N–H and O–H groups in total. The minimum absolute atomic E-state index is 0.126. The highest BCUT2D eigenvalue weighted by Gasteiger charge is 2.34. The van der Waals surface area contributed by atoms with Crippen molar-refractivity contribution in [1.29, 1.82) is 0 Å². The molecule has 0 spiro atoms. The van der Waals surface area contributed by atoms with E-state index in [4.69, 9.17) is 5.73 Å². The van der Waals surface area contributed by atoms with Crippen LogP contribution >= 0.6 is 0 Å². The van der Waals surface area contributed by atoms with E-state index in [1.807, 2.05) is 6.92 Å². The molecule has 1 aromatic heterocycles. The lowest BCUT2D eigenvalue weighted by atomic mass is 9.77. The zero-order valence-corrected chi connectivity index (χ0v) is 11.5. The molecule has 1 unspecified atom stereocenters. The van der Waals surface area contributed by atoms with Gasteiger partial charge in [0.2, 0.25) is 0 Å². The molecule has 0 aliphatic rings. The molecule has 0 fully saturated rings. The van der Waals surface area contributed by atoms with Crippen LogP contribution in [-0.4, -0.2) is 33.0 Å². The fourth-order valence-corrected chi connectivity index (χ4v) is 2.37. The lowest BCUT2D eigenvalue weighted by molar-refractivity contribution is 0.189. The molecule has 108 valence electrons. The molecule has 6 heteroatoms. The van der Waals surface area contributed by atoms with E-state index in [0.29, 0.717) is 24.4 Å². The summed E-state index contributed by atoms with van der Waals surface area (Å²) in [5.41, 5.74) is 5.37. The summed E-state index contributed by atoms with van der Waals surface area (Å²) in [5.74, 6) is 0.324. The molecule has 0 amide bonds. The lowest BCUT2D eigenvalue weighted by Gasteiger charge is -2.31. The van der Waals surface area contributed by atoms with E-state index in [9.17, 15) is 9.50 Å². The summed E-state index contributed by atoms with van der Waals surface area (Å²) in [4.78, 5) is 4.19. The molecule has 2 aromatic rings. The smallest absolute Gasteiger partial charge is 0.138 e. The highest BCUT2D eigenvalue weighted by Crippen LogP contribution is 2.28. The summed E-state index contributed by atoms with van der Waals surface area (Å²) >= 11 is 0. The first kappa shape index (κ1) is 14.6. The number of aliphatic hydroxyl groups is 1. The van der Waals surface area contributed by atoms with Crippen molar-refractivity contribution in [3.8, 4) is 0 Å². The second-order valence-corrected chi connectivity index (χ2v) is 4.79. The van der Waals surface area contributed by atoms with Crippen molar-refractivity contribution >= 4 is 0 Å². The Kier molecular flexibility index (Phi) is 4.46. The number of aromatic nitrogens is 3. The second kappa shape index (κ2) is 6.11. The number of rotatable bonds is 6. The van der Waals surface area contributed by atoms with Crippen LogP contribution in [0.25, 0.3) is 0 Å². The molecule has 0 aliphatic carbocycles. The summed E-state index contributed by atoms with van der Waals surface area (Å²) in [6.07, 6.45) is 1.80. The highest BCUT2D eigenvalue weighted by atomic mass is 19.1. The predicted octanol–water partition coefficient (Wildman–Crippen LogP) is 0.869. The van der Waals surface area contributed by atoms with Crippen LogP contribution in [0, 0.1) is 5.82 Å². The maximum Gasteiger partial charge on any atom is 0.138 e. The fraction of sp³-hybridized carbons (Fsp3) is 0.429. The number of benzene rings is 1. The van der Waals surface area contributed by atoms with Crippen LogP contribution in [0.3, 0.4) is 0 Å². The Balaban J connectivity index is 2.43. The molecule has 0 aliphatic heterocycles. The summed E-state index contributed by atoms with van der Waals surface area (Å²) < 4.78 is 15.8. The molecule has 0 saturated heterocycles. The number of hydrogen-bond acceptors (Lipinski definition) is 4. The van der Waals surface area contributed by atoms with Gasteiger partial charge in [-0.05, 0) is 18.6 Å². The van der Waals surface area contributed by atoms with E-state index in [-0.39, 0.29) is 19.0 Å².